The second kappa shape index (κ2) is 17.1. The third kappa shape index (κ3) is 22.7. The number of unbranched alkanes of at least 4 members (excludes halogenated alkanes) is 6. The van der Waals surface area contributed by atoms with Crippen LogP contribution in [0.4, 0.5) is 0 Å². The van der Waals surface area contributed by atoms with E-state index in [2.05, 4.69) is 18.2 Å². The molecule has 0 aliphatic rings. The summed E-state index contributed by atoms with van der Waals surface area (Å²) in [6, 6.07) is 0. The maximum Gasteiger partial charge on any atom is 0.330 e. The Morgan fingerprint density at radius 1 is 1.21 bits per heavy atom. The maximum absolute atomic E-state index is 10.3. The van der Waals surface area contributed by atoms with Crippen LogP contribution in [-0.4, -0.2) is 35.5 Å². The molecule has 0 radical (unpaired) electrons. The molecule has 0 aromatic rings. The minimum atomic E-state index is -0.603. The molecule has 19 heavy (non-hydrogen) atoms. The van der Waals surface area contributed by atoms with E-state index in [1.807, 2.05) is 0 Å². The summed E-state index contributed by atoms with van der Waals surface area (Å²) in [4.78, 5) is 10.3. The maximum atomic E-state index is 10.3. The molecule has 0 aromatic heterocycles. The van der Waals surface area contributed by atoms with Gasteiger partial charge < -0.3 is 14.9 Å². The quantitative estimate of drug-likeness (QED) is 0.365. The average Bonchev–Trinajstić information content (AvgIpc) is 2.40. The largest absolute Gasteiger partial charge is 0.460 e. The number of carbonyl (C=O) groups excluding carboxylic acids is 1. The first-order valence-corrected chi connectivity index (χ1v) is 7.16. The monoisotopic (exact) mass is 274 g/mol. The van der Waals surface area contributed by atoms with Crippen LogP contribution in [0.3, 0.4) is 0 Å². The second-order valence-electron chi connectivity index (χ2n) is 4.53. The third-order valence-corrected chi connectivity index (χ3v) is 2.40. The molecule has 0 aliphatic heterocycles. The molecule has 4 nitrogen and oxygen atoms in total. The van der Waals surface area contributed by atoms with Crippen molar-refractivity contribution in [2.75, 3.05) is 13.2 Å². The number of hydrogen-bond donors (Lipinski definition) is 2. The molecule has 0 spiro atoms. The van der Waals surface area contributed by atoms with Crippen LogP contribution in [0.2, 0.25) is 0 Å². The fraction of sp³-hybridized carbons (Fsp3) is 0.800. The van der Waals surface area contributed by atoms with Gasteiger partial charge in [-0.05, 0) is 13.3 Å². The average molecular weight is 274 g/mol. The van der Waals surface area contributed by atoms with Crippen LogP contribution in [0.25, 0.3) is 0 Å². The van der Waals surface area contributed by atoms with E-state index in [9.17, 15) is 4.79 Å². The van der Waals surface area contributed by atoms with Crippen molar-refractivity contribution in [2.45, 2.75) is 64.9 Å². The molecule has 0 amide bonds. The molecule has 2 N–H and O–H groups in total. The number of aliphatic hydroxyl groups excluding tert-OH is 2. The van der Waals surface area contributed by atoms with Crippen LogP contribution in [0.15, 0.2) is 12.7 Å². The van der Waals surface area contributed by atoms with Gasteiger partial charge in [0.15, 0.2) is 0 Å². The van der Waals surface area contributed by atoms with Gasteiger partial charge in [-0.25, -0.2) is 4.79 Å². The van der Waals surface area contributed by atoms with Gasteiger partial charge in [0.2, 0.25) is 0 Å². The van der Waals surface area contributed by atoms with Gasteiger partial charge in [-0.2, -0.15) is 0 Å². The molecular formula is C15H30O4. The van der Waals surface area contributed by atoms with Gasteiger partial charge in [-0.3, -0.25) is 0 Å². The molecule has 1 atom stereocenters. The zero-order chi connectivity index (χ0) is 14.9. The first-order chi connectivity index (χ1) is 9.08. The van der Waals surface area contributed by atoms with Crippen LogP contribution < -0.4 is 0 Å². The van der Waals surface area contributed by atoms with E-state index in [4.69, 9.17) is 10.2 Å². The third-order valence-electron chi connectivity index (χ3n) is 2.40. The van der Waals surface area contributed by atoms with Crippen molar-refractivity contribution in [3.05, 3.63) is 12.7 Å². The zero-order valence-electron chi connectivity index (χ0n) is 12.4. The Morgan fingerprint density at radius 2 is 1.74 bits per heavy atom. The molecule has 0 aromatic carbocycles. The van der Waals surface area contributed by atoms with Crippen molar-refractivity contribution >= 4 is 5.97 Å². The highest BCUT2D eigenvalue weighted by molar-refractivity contribution is 5.81. The highest BCUT2D eigenvalue weighted by Crippen LogP contribution is 2.05. The number of esters is 1. The van der Waals surface area contributed by atoms with Gasteiger partial charge >= 0.3 is 5.97 Å². The van der Waals surface area contributed by atoms with Gasteiger partial charge in [-0.1, -0.05) is 52.0 Å². The van der Waals surface area contributed by atoms with Crippen molar-refractivity contribution in [3.63, 3.8) is 0 Å². The fourth-order valence-electron chi connectivity index (χ4n) is 1.33. The zero-order valence-corrected chi connectivity index (χ0v) is 12.4. The first-order valence-electron chi connectivity index (χ1n) is 7.16. The topological polar surface area (TPSA) is 66.8 Å². The Bertz CT molecular complexity index is 194. The van der Waals surface area contributed by atoms with Gasteiger partial charge in [0.1, 0.15) is 6.61 Å². The van der Waals surface area contributed by atoms with Crippen LogP contribution >= 0.6 is 0 Å². The van der Waals surface area contributed by atoms with E-state index in [1.54, 1.807) is 0 Å². The van der Waals surface area contributed by atoms with Gasteiger partial charge in [-0.15, -0.1) is 0 Å². The minimum absolute atomic E-state index is 0.0326. The second-order valence-corrected chi connectivity index (χ2v) is 4.53. The summed E-state index contributed by atoms with van der Waals surface area (Å²) in [5, 5.41) is 17.1. The van der Waals surface area contributed by atoms with Crippen LogP contribution in [0.5, 0.6) is 0 Å². The number of hydrogen-bond acceptors (Lipinski definition) is 4. The lowest BCUT2D eigenvalue weighted by atomic mass is 10.1. The molecule has 0 saturated heterocycles. The number of carbonyl (C=O) groups is 1. The van der Waals surface area contributed by atoms with E-state index in [-0.39, 0.29) is 6.61 Å². The lowest BCUT2D eigenvalue weighted by Gasteiger charge is -2.02. The Balaban J connectivity index is 0. The minimum Gasteiger partial charge on any atom is -0.460 e. The summed E-state index contributed by atoms with van der Waals surface area (Å²) in [6.07, 6.45) is 9.39. The van der Waals surface area contributed by atoms with E-state index >= 15 is 0 Å². The van der Waals surface area contributed by atoms with Crippen molar-refractivity contribution in [2.24, 2.45) is 0 Å². The highest BCUT2D eigenvalue weighted by Gasteiger charge is 1.98. The summed E-state index contributed by atoms with van der Waals surface area (Å²) >= 11 is 0. The summed E-state index contributed by atoms with van der Waals surface area (Å²) in [6.45, 7) is 7.35. The van der Waals surface area contributed by atoms with Gasteiger partial charge in [0.25, 0.3) is 0 Å². The highest BCUT2D eigenvalue weighted by atomic mass is 16.5. The number of ether oxygens (including phenoxy) is 1. The molecule has 0 rings (SSSR count). The molecule has 0 heterocycles. The lowest BCUT2D eigenvalue weighted by molar-refractivity contribution is -0.140. The number of aliphatic hydroxyl groups is 2. The lowest BCUT2D eigenvalue weighted by Crippen LogP contribution is -2.13. The Morgan fingerprint density at radius 3 is 2.16 bits per heavy atom. The van der Waals surface area contributed by atoms with Crippen molar-refractivity contribution in [1.29, 1.82) is 0 Å². The smallest absolute Gasteiger partial charge is 0.330 e. The van der Waals surface area contributed by atoms with E-state index in [0.29, 0.717) is 6.61 Å². The van der Waals surface area contributed by atoms with Crippen LogP contribution in [0, 0.1) is 0 Å². The molecule has 1 unspecified atom stereocenters. The molecular weight excluding hydrogens is 244 g/mol. The van der Waals surface area contributed by atoms with Crippen molar-refractivity contribution in [1.82, 2.24) is 0 Å². The molecule has 0 saturated carbocycles. The van der Waals surface area contributed by atoms with E-state index in [0.717, 1.165) is 12.5 Å². The fourth-order valence-corrected chi connectivity index (χ4v) is 1.33. The summed E-state index contributed by atoms with van der Waals surface area (Å²) in [7, 11) is 0. The predicted molar refractivity (Wildman–Crippen MR) is 77.9 cm³/mol. The van der Waals surface area contributed by atoms with Gasteiger partial charge in [0, 0.05) is 12.7 Å². The molecule has 0 aliphatic carbocycles. The van der Waals surface area contributed by atoms with E-state index in [1.165, 1.54) is 45.4 Å². The van der Waals surface area contributed by atoms with Crippen LogP contribution in [-0.2, 0) is 9.53 Å². The van der Waals surface area contributed by atoms with E-state index < -0.39 is 12.1 Å². The SMILES string of the molecule is C=CC(=O)OCC(C)O.CCCCCCCCCO. The van der Waals surface area contributed by atoms with Crippen molar-refractivity contribution in [3.8, 4) is 0 Å². The molecule has 0 fully saturated rings. The van der Waals surface area contributed by atoms with Gasteiger partial charge in [0.05, 0.1) is 6.10 Å². The predicted octanol–water partition coefficient (Wildman–Crippen LogP) is 2.83. The standard InChI is InChI=1S/C9H20O.C6H10O3/c1-2-3-4-5-6-7-8-9-10;1-3-6(8)9-4-5(2)7/h10H,2-9H2,1H3;3,5,7H,1,4H2,2H3. The van der Waals surface area contributed by atoms with Crippen LogP contribution in [0.1, 0.15) is 58.8 Å². The summed E-state index contributed by atoms with van der Waals surface area (Å²) < 4.78 is 4.45. The summed E-state index contributed by atoms with van der Waals surface area (Å²) in [5.41, 5.74) is 0. The molecule has 114 valence electrons. The first kappa shape index (κ1) is 20.4. The van der Waals surface area contributed by atoms with Crippen molar-refractivity contribution < 1.29 is 19.7 Å². The molecule has 0 bridgehead atoms. The normalized spacial score (nSPS) is 11.2. The Kier molecular flexibility index (Phi) is 18.4. The molecule has 4 heteroatoms. The summed E-state index contributed by atoms with van der Waals surface area (Å²) in [5.74, 6) is -0.504. The number of rotatable bonds is 10. The Labute approximate surface area is 117 Å². The Hall–Kier alpha value is -0.870.